The lowest BCUT2D eigenvalue weighted by Crippen LogP contribution is -2.30. The van der Waals surface area contributed by atoms with Gasteiger partial charge in [-0.25, -0.2) is 15.0 Å². The third kappa shape index (κ3) is 2.74. The van der Waals surface area contributed by atoms with Crippen LogP contribution in [0.25, 0.3) is 10.9 Å². The molecule has 6 nitrogen and oxygen atoms in total. The van der Waals surface area contributed by atoms with Gasteiger partial charge in [-0.1, -0.05) is 11.6 Å². The number of nitrogens with zero attached hydrogens (tertiary/aromatic N) is 5. The maximum absolute atomic E-state index is 6.25. The molecule has 26 heavy (non-hydrogen) atoms. The molecule has 2 aliphatic rings. The molecule has 1 saturated carbocycles. The van der Waals surface area contributed by atoms with E-state index in [1.165, 1.54) is 6.42 Å². The highest BCUT2D eigenvalue weighted by Gasteiger charge is 2.43. The highest BCUT2D eigenvalue weighted by Crippen LogP contribution is 2.41. The zero-order valence-corrected chi connectivity index (χ0v) is 15.0. The number of pyridine rings is 2. The molecule has 1 N–H and O–H groups in total. The van der Waals surface area contributed by atoms with Gasteiger partial charge in [0.05, 0.1) is 5.52 Å². The van der Waals surface area contributed by atoms with Crippen molar-refractivity contribution >= 4 is 34.3 Å². The van der Waals surface area contributed by atoms with E-state index in [0.717, 1.165) is 36.2 Å². The lowest BCUT2D eigenvalue weighted by atomic mass is 9.98. The molecule has 3 unspecified atom stereocenters. The van der Waals surface area contributed by atoms with Gasteiger partial charge in [-0.15, -0.1) is 0 Å². The summed E-state index contributed by atoms with van der Waals surface area (Å²) in [4.78, 5) is 20.1. The first kappa shape index (κ1) is 15.8. The van der Waals surface area contributed by atoms with Crippen molar-refractivity contribution < 1.29 is 0 Å². The average molecular weight is 367 g/mol. The van der Waals surface area contributed by atoms with Gasteiger partial charge in [0.2, 0.25) is 5.95 Å². The zero-order chi connectivity index (χ0) is 17.5. The summed E-state index contributed by atoms with van der Waals surface area (Å²) in [6, 6.07) is 8.09. The number of anilines is 2. The Morgan fingerprint density at radius 2 is 1.88 bits per heavy atom. The Balaban J connectivity index is 1.41. The van der Waals surface area contributed by atoms with Gasteiger partial charge in [0.25, 0.3) is 0 Å². The van der Waals surface area contributed by atoms with Crippen molar-refractivity contribution in [1.29, 1.82) is 0 Å². The van der Waals surface area contributed by atoms with E-state index in [1.54, 1.807) is 18.6 Å². The van der Waals surface area contributed by atoms with Gasteiger partial charge in [0, 0.05) is 55.1 Å². The summed E-state index contributed by atoms with van der Waals surface area (Å²) in [5, 5.41) is 5.08. The summed E-state index contributed by atoms with van der Waals surface area (Å²) in [6.07, 6.45) is 7.71. The van der Waals surface area contributed by atoms with Gasteiger partial charge in [-0.3, -0.25) is 4.98 Å². The Bertz CT molecular complexity index is 934. The number of nitrogens with one attached hydrogen (secondary N) is 1. The molecule has 3 aromatic heterocycles. The van der Waals surface area contributed by atoms with E-state index >= 15 is 0 Å². The molecule has 1 aliphatic carbocycles. The molecular weight excluding hydrogens is 348 g/mol. The van der Waals surface area contributed by atoms with Gasteiger partial charge < -0.3 is 10.2 Å². The molecule has 4 heterocycles. The Morgan fingerprint density at radius 1 is 1.04 bits per heavy atom. The van der Waals surface area contributed by atoms with Crippen molar-refractivity contribution in [3.05, 3.63) is 48.0 Å². The number of rotatable bonds is 3. The fourth-order valence-corrected chi connectivity index (χ4v) is 4.61. The lowest BCUT2D eigenvalue weighted by molar-refractivity contribution is 0.468. The molecule has 0 amide bonds. The second kappa shape index (κ2) is 6.36. The van der Waals surface area contributed by atoms with Crippen LogP contribution in [0.15, 0.2) is 42.9 Å². The highest BCUT2D eigenvalue weighted by atomic mass is 35.5. The molecule has 1 saturated heterocycles. The number of halogens is 1. The second-order valence-corrected chi connectivity index (χ2v) is 7.46. The van der Waals surface area contributed by atoms with Gasteiger partial charge in [0.1, 0.15) is 11.0 Å². The minimum atomic E-state index is 0.399. The van der Waals surface area contributed by atoms with Crippen molar-refractivity contribution in [3.8, 4) is 0 Å². The first-order valence-corrected chi connectivity index (χ1v) is 9.35. The van der Waals surface area contributed by atoms with Crippen molar-refractivity contribution in [2.75, 3.05) is 23.3 Å². The Morgan fingerprint density at radius 3 is 2.77 bits per heavy atom. The molecule has 0 spiro atoms. The summed E-state index contributed by atoms with van der Waals surface area (Å²) in [6.45, 7) is 1.97. The van der Waals surface area contributed by atoms with Crippen LogP contribution in [0.1, 0.15) is 12.8 Å². The summed E-state index contributed by atoms with van der Waals surface area (Å²) in [7, 11) is 0. The topological polar surface area (TPSA) is 66.8 Å². The predicted octanol–water partition coefficient (Wildman–Crippen LogP) is 3.40. The zero-order valence-electron chi connectivity index (χ0n) is 14.2. The van der Waals surface area contributed by atoms with Gasteiger partial charge in [-0.05, 0) is 37.0 Å². The van der Waals surface area contributed by atoms with Gasteiger partial charge in [0.15, 0.2) is 0 Å². The quantitative estimate of drug-likeness (QED) is 0.716. The summed E-state index contributed by atoms with van der Waals surface area (Å²) in [5.41, 5.74) is 0.895. The third-order valence-corrected chi connectivity index (χ3v) is 5.78. The summed E-state index contributed by atoms with van der Waals surface area (Å²) in [5.74, 6) is 2.88. The summed E-state index contributed by atoms with van der Waals surface area (Å²) < 4.78 is 0. The fraction of sp³-hybridized carbons (Fsp3) is 0.368. The molecular formula is C19H19ClN6. The van der Waals surface area contributed by atoms with Crippen LogP contribution in [0.2, 0.25) is 5.15 Å². The van der Waals surface area contributed by atoms with Crippen molar-refractivity contribution in [2.24, 2.45) is 11.8 Å². The molecule has 3 atom stereocenters. The maximum atomic E-state index is 6.25. The van der Waals surface area contributed by atoms with E-state index < -0.39 is 0 Å². The molecule has 0 bridgehead atoms. The summed E-state index contributed by atoms with van der Waals surface area (Å²) >= 11 is 6.25. The van der Waals surface area contributed by atoms with Crippen LogP contribution in [0.4, 0.5) is 11.8 Å². The fourth-order valence-electron chi connectivity index (χ4n) is 4.43. The Labute approximate surface area is 156 Å². The van der Waals surface area contributed by atoms with E-state index in [0.29, 0.717) is 29.0 Å². The average Bonchev–Trinajstić information content (AvgIpc) is 3.24. The molecule has 5 rings (SSSR count). The Hall–Kier alpha value is -2.47. The van der Waals surface area contributed by atoms with Crippen LogP contribution in [0.5, 0.6) is 0 Å². The number of fused-ring (bicyclic) bond motifs is 2. The largest absolute Gasteiger partial charge is 0.355 e. The minimum absolute atomic E-state index is 0.399. The first-order chi connectivity index (χ1) is 12.8. The second-order valence-electron chi connectivity index (χ2n) is 7.07. The van der Waals surface area contributed by atoms with Crippen molar-refractivity contribution in [3.63, 3.8) is 0 Å². The van der Waals surface area contributed by atoms with Gasteiger partial charge in [-0.2, -0.15) is 0 Å². The van der Waals surface area contributed by atoms with E-state index in [1.807, 2.05) is 18.2 Å². The third-order valence-electron chi connectivity index (χ3n) is 5.58. The predicted molar refractivity (Wildman–Crippen MR) is 102 cm³/mol. The molecule has 7 heteroatoms. The number of hydrogen-bond acceptors (Lipinski definition) is 6. The van der Waals surface area contributed by atoms with Crippen LogP contribution in [0, 0.1) is 11.8 Å². The van der Waals surface area contributed by atoms with E-state index in [9.17, 15) is 0 Å². The number of hydrogen-bond donors (Lipinski definition) is 1. The van der Waals surface area contributed by atoms with Gasteiger partial charge >= 0.3 is 0 Å². The molecule has 0 radical (unpaired) electrons. The molecule has 132 valence electrons. The van der Waals surface area contributed by atoms with E-state index in [4.69, 9.17) is 11.6 Å². The SMILES string of the molecule is Clc1cc2ncccc2c(N2CC3CCC(Nc4ncccn4)C3C2)n1. The monoisotopic (exact) mass is 366 g/mol. The van der Waals surface area contributed by atoms with Crippen LogP contribution in [-0.4, -0.2) is 39.1 Å². The van der Waals surface area contributed by atoms with E-state index in [-0.39, 0.29) is 0 Å². The first-order valence-electron chi connectivity index (χ1n) is 8.98. The van der Waals surface area contributed by atoms with E-state index in [2.05, 4.69) is 36.2 Å². The standard InChI is InChI=1S/C19H19ClN6/c20-17-9-16-13(3-1-6-21-16)18(25-17)26-10-12-4-5-15(14(12)11-26)24-19-22-7-2-8-23-19/h1-3,6-9,12,14-15H,4-5,10-11H2,(H,22,23,24). The number of aromatic nitrogens is 4. The molecule has 1 aliphatic heterocycles. The van der Waals surface area contributed by atoms with Crippen molar-refractivity contribution in [1.82, 2.24) is 19.9 Å². The minimum Gasteiger partial charge on any atom is -0.355 e. The van der Waals surface area contributed by atoms with Crippen LogP contribution in [0.3, 0.4) is 0 Å². The van der Waals surface area contributed by atoms with Crippen molar-refractivity contribution in [2.45, 2.75) is 18.9 Å². The smallest absolute Gasteiger partial charge is 0.222 e. The molecule has 3 aromatic rings. The van der Waals surface area contributed by atoms with Crippen LogP contribution >= 0.6 is 11.6 Å². The van der Waals surface area contributed by atoms with Crippen LogP contribution < -0.4 is 10.2 Å². The molecule has 2 fully saturated rings. The Kier molecular flexibility index (Phi) is 3.85. The highest BCUT2D eigenvalue weighted by molar-refractivity contribution is 6.30. The van der Waals surface area contributed by atoms with Crippen LogP contribution in [-0.2, 0) is 0 Å². The normalized spacial score (nSPS) is 24.8. The maximum Gasteiger partial charge on any atom is 0.222 e. The lowest BCUT2D eigenvalue weighted by Gasteiger charge is -2.23. The molecule has 0 aromatic carbocycles.